The van der Waals surface area contributed by atoms with Gasteiger partial charge in [0.25, 0.3) is 0 Å². The lowest BCUT2D eigenvalue weighted by Gasteiger charge is -2.34. The predicted octanol–water partition coefficient (Wildman–Crippen LogP) is 3.58. The summed E-state index contributed by atoms with van der Waals surface area (Å²) in [6.07, 6.45) is 5.23. The van der Waals surface area contributed by atoms with E-state index in [0.717, 1.165) is 42.6 Å². The maximum absolute atomic E-state index is 13.4. The highest BCUT2D eigenvalue weighted by Crippen LogP contribution is 2.33. The second-order valence-corrected chi connectivity index (χ2v) is 8.97. The van der Waals surface area contributed by atoms with Crippen LogP contribution in [0, 0.1) is 18.7 Å². The molecule has 1 aromatic carbocycles. The molecular weight excluding hydrogens is 393 g/mol. The molecule has 0 bridgehead atoms. The topological polar surface area (TPSA) is 70.2 Å². The van der Waals surface area contributed by atoms with Crippen LogP contribution in [-0.4, -0.2) is 45.9 Å². The number of nitrogens with zero attached hydrogens (tertiary/aromatic N) is 3. The summed E-state index contributed by atoms with van der Waals surface area (Å²) in [4.78, 5) is 24.2. The molecule has 6 nitrogen and oxygen atoms in total. The largest absolute Gasteiger partial charge is 0.342 e. The summed E-state index contributed by atoms with van der Waals surface area (Å²) in [6, 6.07) is 7.21. The smallest absolute Gasteiger partial charge is 0.222 e. The molecule has 0 spiro atoms. The number of aryl methyl sites for hydroxylation is 1. The number of carbonyl (C=O) groups excluding carboxylic acids is 1. The molecule has 2 saturated heterocycles. The Balaban J connectivity index is 1.47. The summed E-state index contributed by atoms with van der Waals surface area (Å²) in [5, 5.41) is 0. The highest BCUT2D eigenvalue weighted by molar-refractivity contribution is 5.76. The Morgan fingerprint density at radius 3 is 2.61 bits per heavy atom. The molecule has 2 aliphatic heterocycles. The van der Waals surface area contributed by atoms with Gasteiger partial charge in [-0.2, -0.15) is 0 Å². The number of aromatic nitrogens is 2. The van der Waals surface area contributed by atoms with Crippen molar-refractivity contribution in [2.75, 3.05) is 13.1 Å². The quantitative estimate of drug-likeness (QED) is 0.766. The summed E-state index contributed by atoms with van der Waals surface area (Å²) in [6.45, 7) is 7.69. The molecule has 3 unspecified atom stereocenters. The van der Waals surface area contributed by atoms with Gasteiger partial charge in [-0.15, -0.1) is 0 Å². The first-order valence-corrected chi connectivity index (χ1v) is 11.3. The second kappa shape index (κ2) is 9.40. The number of piperidine rings is 1. The molecule has 2 N–H and O–H groups in total. The zero-order valence-electron chi connectivity index (χ0n) is 18.6. The fraction of sp³-hybridized carbons (Fsp3) is 0.542. The van der Waals surface area contributed by atoms with E-state index in [-0.39, 0.29) is 17.6 Å². The van der Waals surface area contributed by atoms with E-state index in [1.54, 1.807) is 12.1 Å². The Morgan fingerprint density at radius 2 is 1.90 bits per heavy atom. The van der Waals surface area contributed by atoms with Gasteiger partial charge in [0, 0.05) is 49.3 Å². The van der Waals surface area contributed by atoms with Gasteiger partial charge in [0.15, 0.2) is 0 Å². The van der Waals surface area contributed by atoms with Crippen LogP contribution in [0.3, 0.4) is 0 Å². The maximum atomic E-state index is 13.4. The van der Waals surface area contributed by atoms with Crippen molar-refractivity contribution in [2.45, 2.75) is 64.5 Å². The van der Waals surface area contributed by atoms with Crippen molar-refractivity contribution < 1.29 is 9.18 Å². The summed E-state index contributed by atoms with van der Waals surface area (Å²) < 4.78 is 13.4. The van der Waals surface area contributed by atoms with E-state index >= 15 is 0 Å². The van der Waals surface area contributed by atoms with Gasteiger partial charge in [-0.05, 0) is 63.6 Å². The van der Waals surface area contributed by atoms with Gasteiger partial charge in [0.05, 0.1) is 5.69 Å². The predicted molar refractivity (Wildman–Crippen MR) is 119 cm³/mol. The highest BCUT2D eigenvalue weighted by atomic mass is 19.1. The maximum Gasteiger partial charge on any atom is 0.222 e. The van der Waals surface area contributed by atoms with Crippen LogP contribution in [-0.2, 0) is 4.79 Å². The molecule has 3 atom stereocenters. The molecule has 31 heavy (non-hydrogen) atoms. The van der Waals surface area contributed by atoms with Crippen molar-refractivity contribution in [3.05, 3.63) is 47.8 Å². The average molecular weight is 426 g/mol. The Hall–Kier alpha value is -2.38. The van der Waals surface area contributed by atoms with Gasteiger partial charge in [0.2, 0.25) is 5.91 Å². The molecular formula is C24H32FN5O. The fourth-order valence-electron chi connectivity index (χ4n) is 4.94. The third kappa shape index (κ3) is 4.93. The van der Waals surface area contributed by atoms with Crippen molar-refractivity contribution in [2.24, 2.45) is 5.92 Å². The van der Waals surface area contributed by atoms with Crippen LogP contribution in [0.25, 0.3) is 11.1 Å². The fourth-order valence-corrected chi connectivity index (χ4v) is 4.94. The molecule has 1 aromatic heterocycles. The zero-order valence-corrected chi connectivity index (χ0v) is 18.6. The van der Waals surface area contributed by atoms with Crippen LogP contribution in [0.1, 0.15) is 57.0 Å². The Labute approximate surface area is 183 Å². The molecule has 2 aliphatic rings. The lowest BCUT2D eigenvalue weighted by Crippen LogP contribution is -2.40. The second-order valence-electron chi connectivity index (χ2n) is 8.97. The monoisotopic (exact) mass is 425 g/mol. The molecule has 0 aliphatic carbocycles. The van der Waals surface area contributed by atoms with Crippen LogP contribution in [0.2, 0.25) is 0 Å². The lowest BCUT2D eigenvalue weighted by molar-refractivity contribution is -0.132. The number of benzene rings is 1. The van der Waals surface area contributed by atoms with Gasteiger partial charge in [0.1, 0.15) is 11.6 Å². The standard InChI is InChI=1S/C24H32FN5O/c1-15-21(16(2)29-28-15)10-11-23(31)30-12-4-5-19(14-30)24-22(13-26-17(3)27-24)18-6-8-20(25)9-7-18/h6-9,13,15-16,19,21,28-29H,4-5,10-12,14H2,1-3H3. The first kappa shape index (κ1) is 21.8. The van der Waals surface area contributed by atoms with Gasteiger partial charge < -0.3 is 4.90 Å². The molecule has 1 amide bonds. The summed E-state index contributed by atoms with van der Waals surface area (Å²) >= 11 is 0. The van der Waals surface area contributed by atoms with Crippen molar-refractivity contribution in [3.8, 4) is 11.1 Å². The third-order valence-corrected chi connectivity index (χ3v) is 6.77. The average Bonchev–Trinajstić information content (AvgIpc) is 3.10. The van der Waals surface area contributed by atoms with E-state index < -0.39 is 0 Å². The molecule has 0 saturated carbocycles. The highest BCUT2D eigenvalue weighted by Gasteiger charge is 2.32. The van der Waals surface area contributed by atoms with Crippen LogP contribution in [0.4, 0.5) is 4.39 Å². The summed E-state index contributed by atoms with van der Waals surface area (Å²) in [7, 11) is 0. The lowest BCUT2D eigenvalue weighted by atomic mass is 9.88. The summed E-state index contributed by atoms with van der Waals surface area (Å²) in [5.74, 6) is 1.30. The van der Waals surface area contributed by atoms with Crippen molar-refractivity contribution in [1.29, 1.82) is 0 Å². The van der Waals surface area contributed by atoms with Crippen molar-refractivity contribution >= 4 is 5.91 Å². The SMILES string of the molecule is Cc1ncc(-c2ccc(F)cc2)c(C2CCCN(C(=O)CCC3C(C)NNC3C)C2)n1. The first-order valence-electron chi connectivity index (χ1n) is 11.3. The van der Waals surface area contributed by atoms with E-state index in [1.807, 2.05) is 18.0 Å². The van der Waals surface area contributed by atoms with Gasteiger partial charge in [-0.1, -0.05) is 12.1 Å². The number of carbonyl (C=O) groups is 1. The molecule has 2 fully saturated rings. The van der Waals surface area contributed by atoms with Crippen molar-refractivity contribution in [3.63, 3.8) is 0 Å². The number of rotatable bonds is 5. The van der Waals surface area contributed by atoms with E-state index in [0.29, 0.717) is 36.8 Å². The minimum atomic E-state index is -0.260. The van der Waals surface area contributed by atoms with Crippen LogP contribution in [0.15, 0.2) is 30.5 Å². The molecule has 2 aromatic rings. The Morgan fingerprint density at radius 1 is 1.19 bits per heavy atom. The third-order valence-electron chi connectivity index (χ3n) is 6.77. The number of nitrogens with one attached hydrogen (secondary N) is 2. The summed E-state index contributed by atoms with van der Waals surface area (Å²) in [5.41, 5.74) is 9.33. The molecule has 0 radical (unpaired) electrons. The minimum Gasteiger partial charge on any atom is -0.342 e. The number of hydrazine groups is 1. The van der Waals surface area contributed by atoms with E-state index in [9.17, 15) is 9.18 Å². The van der Waals surface area contributed by atoms with E-state index in [4.69, 9.17) is 4.98 Å². The molecule has 7 heteroatoms. The molecule has 166 valence electrons. The van der Waals surface area contributed by atoms with Gasteiger partial charge in [-0.25, -0.2) is 14.4 Å². The van der Waals surface area contributed by atoms with Crippen LogP contribution in [0.5, 0.6) is 0 Å². The van der Waals surface area contributed by atoms with E-state index in [1.165, 1.54) is 12.1 Å². The van der Waals surface area contributed by atoms with Gasteiger partial charge in [-0.3, -0.25) is 15.6 Å². The minimum absolute atomic E-state index is 0.159. The number of hydrogen-bond donors (Lipinski definition) is 2. The number of hydrogen-bond acceptors (Lipinski definition) is 5. The van der Waals surface area contributed by atoms with Crippen LogP contribution < -0.4 is 10.9 Å². The zero-order chi connectivity index (χ0) is 22.0. The number of amides is 1. The Bertz CT molecular complexity index is 909. The number of likely N-dealkylation sites (tertiary alicyclic amines) is 1. The molecule has 4 rings (SSSR count). The first-order chi connectivity index (χ1) is 14.9. The Kier molecular flexibility index (Phi) is 6.62. The number of halogens is 1. The van der Waals surface area contributed by atoms with Crippen LogP contribution >= 0.6 is 0 Å². The normalized spacial score (nSPS) is 26.3. The van der Waals surface area contributed by atoms with Crippen molar-refractivity contribution in [1.82, 2.24) is 25.7 Å². The molecule has 3 heterocycles. The van der Waals surface area contributed by atoms with Gasteiger partial charge >= 0.3 is 0 Å². The van der Waals surface area contributed by atoms with E-state index in [2.05, 4.69) is 29.7 Å².